The van der Waals surface area contributed by atoms with Crippen LogP contribution < -0.4 is 11.1 Å². The van der Waals surface area contributed by atoms with Gasteiger partial charge in [-0.3, -0.25) is 19.3 Å². The molecule has 3 N–H and O–H groups in total. The van der Waals surface area contributed by atoms with E-state index in [1.165, 1.54) is 24.4 Å². The van der Waals surface area contributed by atoms with Gasteiger partial charge in [0, 0.05) is 29.8 Å². The SMILES string of the molecule is NC(=O)c1cc(-c2cccnc2C(Cc2cc(F)cc(F)c2)NC(=O)Cn2nc(C(F)(F)F)c3c2C(F)(F)CCC3)ccc1F. The lowest BCUT2D eigenvalue weighted by Gasteiger charge is -2.25. The molecule has 45 heavy (non-hydrogen) atoms. The fourth-order valence-corrected chi connectivity index (χ4v) is 5.47. The van der Waals surface area contributed by atoms with Gasteiger partial charge in [-0.1, -0.05) is 12.1 Å². The minimum Gasteiger partial charge on any atom is -0.366 e. The number of rotatable bonds is 8. The van der Waals surface area contributed by atoms with Crippen molar-refractivity contribution >= 4 is 11.8 Å². The first-order valence-electron chi connectivity index (χ1n) is 13.5. The number of aromatic nitrogens is 3. The lowest BCUT2D eigenvalue weighted by atomic mass is 9.92. The van der Waals surface area contributed by atoms with Crippen LogP contribution in [0.15, 0.2) is 54.7 Å². The Morgan fingerprint density at radius 1 is 1.04 bits per heavy atom. The predicted octanol–water partition coefficient (Wildman–Crippen LogP) is 6.01. The zero-order valence-electron chi connectivity index (χ0n) is 23.1. The molecule has 4 aromatic rings. The maximum Gasteiger partial charge on any atom is 0.435 e. The van der Waals surface area contributed by atoms with E-state index in [9.17, 15) is 44.7 Å². The number of hydrogen-bond acceptors (Lipinski definition) is 4. The number of fused-ring (bicyclic) bond motifs is 1. The molecule has 1 aliphatic rings. The summed E-state index contributed by atoms with van der Waals surface area (Å²) in [6, 6.07) is 7.69. The van der Waals surface area contributed by atoms with Crippen LogP contribution in [0.4, 0.5) is 35.1 Å². The molecule has 15 heteroatoms. The van der Waals surface area contributed by atoms with Crippen LogP contribution >= 0.6 is 0 Å². The molecule has 2 amide bonds. The zero-order chi connectivity index (χ0) is 32.7. The van der Waals surface area contributed by atoms with Crippen molar-refractivity contribution < 1.29 is 44.7 Å². The Labute approximate surface area is 250 Å². The van der Waals surface area contributed by atoms with Gasteiger partial charge in [-0.15, -0.1) is 0 Å². The van der Waals surface area contributed by atoms with Crippen molar-refractivity contribution in [1.29, 1.82) is 0 Å². The summed E-state index contributed by atoms with van der Waals surface area (Å²) in [5, 5.41) is 5.85. The van der Waals surface area contributed by atoms with Crippen LogP contribution in [0.5, 0.6) is 0 Å². The number of pyridine rings is 1. The summed E-state index contributed by atoms with van der Waals surface area (Å²) in [5.74, 6) is -8.60. The van der Waals surface area contributed by atoms with Crippen molar-refractivity contribution in [2.45, 2.75) is 50.4 Å². The standard InChI is InChI=1S/C30H23F8N5O2/c31-17-9-15(10-18(32)13-17)11-23(25-19(4-2-8-40-25)16-5-6-22(33)21(12-16)28(39)45)41-24(44)14-43-27-20(3-1-7-29(27,34)35)26(42-43)30(36,37)38/h2,4-6,8-10,12-13,23H,1,3,7,11,14H2,(H2,39,45)(H,41,44). The first-order valence-corrected chi connectivity index (χ1v) is 13.5. The number of carbonyl (C=O) groups is 2. The largest absolute Gasteiger partial charge is 0.435 e. The number of nitrogens with zero attached hydrogens (tertiary/aromatic N) is 3. The van der Waals surface area contributed by atoms with Gasteiger partial charge in [0.15, 0.2) is 5.69 Å². The fraction of sp³-hybridized carbons (Fsp3) is 0.267. The molecule has 1 atom stereocenters. The monoisotopic (exact) mass is 637 g/mol. The Morgan fingerprint density at radius 2 is 1.76 bits per heavy atom. The van der Waals surface area contributed by atoms with Crippen LogP contribution in [0.3, 0.4) is 0 Å². The van der Waals surface area contributed by atoms with Crippen molar-refractivity contribution in [3.63, 3.8) is 0 Å². The summed E-state index contributed by atoms with van der Waals surface area (Å²) < 4.78 is 113. The van der Waals surface area contributed by atoms with Gasteiger partial charge in [0.1, 0.15) is 29.7 Å². The minimum absolute atomic E-state index is 0.0358. The maximum atomic E-state index is 14.9. The van der Waals surface area contributed by atoms with E-state index < -0.39 is 82.9 Å². The Bertz CT molecular complexity index is 1770. The first-order chi connectivity index (χ1) is 21.1. The molecule has 0 spiro atoms. The van der Waals surface area contributed by atoms with E-state index in [2.05, 4.69) is 15.4 Å². The van der Waals surface area contributed by atoms with E-state index in [1.807, 2.05) is 0 Å². The van der Waals surface area contributed by atoms with Gasteiger partial charge in [0.05, 0.1) is 17.3 Å². The summed E-state index contributed by atoms with van der Waals surface area (Å²) in [6.45, 7) is -1.05. The number of benzene rings is 2. The van der Waals surface area contributed by atoms with E-state index in [0.29, 0.717) is 10.7 Å². The van der Waals surface area contributed by atoms with Gasteiger partial charge in [-0.05, 0) is 60.7 Å². The summed E-state index contributed by atoms with van der Waals surface area (Å²) in [6.07, 6.45) is -5.32. The highest BCUT2D eigenvalue weighted by Crippen LogP contribution is 2.44. The topological polar surface area (TPSA) is 103 Å². The Morgan fingerprint density at radius 3 is 2.42 bits per heavy atom. The van der Waals surface area contributed by atoms with Crippen molar-refractivity contribution in [3.05, 3.63) is 106 Å². The third kappa shape index (κ3) is 6.66. The lowest BCUT2D eigenvalue weighted by molar-refractivity contribution is -0.142. The zero-order valence-corrected chi connectivity index (χ0v) is 23.1. The lowest BCUT2D eigenvalue weighted by Crippen LogP contribution is -2.35. The van der Waals surface area contributed by atoms with Gasteiger partial charge < -0.3 is 11.1 Å². The number of halogens is 8. The van der Waals surface area contributed by atoms with Crippen LogP contribution in [-0.2, 0) is 36.3 Å². The highest BCUT2D eigenvalue weighted by molar-refractivity contribution is 5.94. The maximum absolute atomic E-state index is 14.9. The fourth-order valence-electron chi connectivity index (χ4n) is 5.47. The van der Waals surface area contributed by atoms with E-state index in [-0.39, 0.29) is 41.6 Å². The molecule has 0 radical (unpaired) electrons. The minimum atomic E-state index is -5.05. The number of nitrogens with two attached hydrogens (primary N) is 1. The molecular weight excluding hydrogens is 614 g/mol. The second-order valence-corrected chi connectivity index (χ2v) is 10.5. The molecule has 5 rings (SSSR count). The van der Waals surface area contributed by atoms with Crippen LogP contribution in [0.1, 0.15) is 57.5 Å². The molecule has 1 aliphatic carbocycles. The average molecular weight is 638 g/mol. The third-order valence-corrected chi connectivity index (χ3v) is 7.29. The first kappa shape index (κ1) is 31.6. The molecule has 2 aromatic heterocycles. The van der Waals surface area contributed by atoms with E-state index >= 15 is 0 Å². The molecule has 0 saturated carbocycles. The number of hydrogen-bond donors (Lipinski definition) is 2. The normalized spacial score (nSPS) is 14.9. The molecular formula is C30H23F8N5O2. The Kier molecular flexibility index (Phi) is 8.38. The van der Waals surface area contributed by atoms with Gasteiger partial charge >= 0.3 is 6.18 Å². The van der Waals surface area contributed by atoms with Crippen LogP contribution in [0, 0.1) is 17.5 Å². The predicted molar refractivity (Wildman–Crippen MR) is 143 cm³/mol. The summed E-state index contributed by atoms with van der Waals surface area (Å²) >= 11 is 0. The van der Waals surface area contributed by atoms with E-state index in [4.69, 9.17) is 5.73 Å². The van der Waals surface area contributed by atoms with Gasteiger partial charge in [0.2, 0.25) is 5.91 Å². The van der Waals surface area contributed by atoms with Crippen molar-refractivity contribution in [3.8, 4) is 11.1 Å². The number of amides is 2. The second kappa shape index (κ2) is 11.9. The molecule has 1 unspecified atom stereocenters. The molecule has 2 aromatic carbocycles. The van der Waals surface area contributed by atoms with E-state index in [0.717, 1.165) is 24.3 Å². The molecule has 0 aliphatic heterocycles. The number of primary amides is 1. The summed E-state index contributed by atoms with van der Waals surface area (Å²) in [4.78, 5) is 29.4. The molecule has 7 nitrogen and oxygen atoms in total. The van der Waals surface area contributed by atoms with E-state index in [1.54, 1.807) is 0 Å². The highest BCUT2D eigenvalue weighted by Gasteiger charge is 2.48. The molecule has 0 fully saturated rings. The van der Waals surface area contributed by atoms with Gasteiger partial charge in [0.25, 0.3) is 11.8 Å². The van der Waals surface area contributed by atoms with Crippen molar-refractivity contribution in [2.24, 2.45) is 5.73 Å². The average Bonchev–Trinajstić information content (AvgIpc) is 3.32. The smallest absolute Gasteiger partial charge is 0.366 e. The quantitative estimate of drug-likeness (QED) is 0.231. The second-order valence-electron chi connectivity index (χ2n) is 10.5. The van der Waals surface area contributed by atoms with Crippen LogP contribution in [-0.4, -0.2) is 26.6 Å². The Balaban J connectivity index is 1.55. The number of nitrogens with one attached hydrogen (secondary N) is 1. The van der Waals surface area contributed by atoms with Crippen molar-refractivity contribution in [1.82, 2.24) is 20.1 Å². The molecule has 0 saturated heterocycles. The summed E-state index contributed by atoms with van der Waals surface area (Å²) in [7, 11) is 0. The third-order valence-electron chi connectivity index (χ3n) is 7.29. The molecule has 236 valence electrons. The number of alkyl halides is 5. The molecule has 2 heterocycles. The van der Waals surface area contributed by atoms with Gasteiger partial charge in [-0.2, -0.15) is 27.1 Å². The molecule has 0 bridgehead atoms. The highest BCUT2D eigenvalue weighted by atomic mass is 19.4. The summed E-state index contributed by atoms with van der Waals surface area (Å²) in [5.41, 5.74) is 2.13. The van der Waals surface area contributed by atoms with Crippen LogP contribution in [0.25, 0.3) is 11.1 Å². The van der Waals surface area contributed by atoms with Crippen LogP contribution in [0.2, 0.25) is 0 Å². The van der Waals surface area contributed by atoms with Crippen molar-refractivity contribution in [2.75, 3.05) is 0 Å². The van der Waals surface area contributed by atoms with Gasteiger partial charge in [-0.25, -0.2) is 13.2 Å². The Hall–Kier alpha value is -4.82. The number of carbonyl (C=O) groups excluding carboxylic acids is 2.